The first-order chi connectivity index (χ1) is 11.5. The van der Waals surface area contributed by atoms with Crippen molar-refractivity contribution in [3.63, 3.8) is 0 Å². The molecule has 3 rings (SSSR count). The van der Waals surface area contributed by atoms with Crippen molar-refractivity contribution >= 4 is 27.0 Å². The second-order valence-corrected chi connectivity index (χ2v) is 7.66. The number of sulfonamides is 1. The van der Waals surface area contributed by atoms with Gasteiger partial charge in [-0.05, 0) is 24.3 Å². The van der Waals surface area contributed by atoms with Crippen LogP contribution in [-0.2, 0) is 10.0 Å². The third-order valence-corrected chi connectivity index (χ3v) is 6.13. The summed E-state index contributed by atoms with van der Waals surface area (Å²) in [4.78, 5) is 0.672. The standard InChI is InChI=1S/C15H14N2O5S2/c1-20-10-3-4-12(21-2)11(9-10)17-24(18,19)15-6-5-14(23-15)13-7-8-16-22-13/h3-9,17H,1-2H3. The van der Waals surface area contributed by atoms with E-state index in [-0.39, 0.29) is 4.21 Å². The lowest BCUT2D eigenvalue weighted by Crippen LogP contribution is -2.12. The monoisotopic (exact) mass is 366 g/mol. The molecule has 3 aromatic rings. The highest BCUT2D eigenvalue weighted by Gasteiger charge is 2.20. The van der Waals surface area contributed by atoms with Crippen molar-refractivity contribution in [2.24, 2.45) is 0 Å². The van der Waals surface area contributed by atoms with Crippen LogP contribution >= 0.6 is 11.3 Å². The first kappa shape index (κ1) is 16.3. The molecule has 1 N–H and O–H groups in total. The molecule has 0 aliphatic rings. The van der Waals surface area contributed by atoms with E-state index in [0.717, 1.165) is 11.3 Å². The van der Waals surface area contributed by atoms with Gasteiger partial charge in [-0.3, -0.25) is 4.72 Å². The van der Waals surface area contributed by atoms with E-state index in [2.05, 4.69) is 9.88 Å². The molecule has 24 heavy (non-hydrogen) atoms. The van der Waals surface area contributed by atoms with Gasteiger partial charge in [-0.25, -0.2) is 8.42 Å². The van der Waals surface area contributed by atoms with Gasteiger partial charge in [0.1, 0.15) is 15.7 Å². The Hall–Kier alpha value is -2.52. The molecule has 0 saturated heterocycles. The van der Waals surface area contributed by atoms with Gasteiger partial charge >= 0.3 is 0 Å². The molecule has 0 spiro atoms. The number of nitrogens with one attached hydrogen (secondary N) is 1. The molecular weight excluding hydrogens is 352 g/mol. The molecule has 0 unspecified atom stereocenters. The highest BCUT2D eigenvalue weighted by molar-refractivity contribution is 7.94. The fraction of sp³-hybridized carbons (Fsp3) is 0.133. The summed E-state index contributed by atoms with van der Waals surface area (Å²) in [5.41, 5.74) is 0.298. The van der Waals surface area contributed by atoms with Crippen LogP contribution in [0.5, 0.6) is 11.5 Å². The van der Waals surface area contributed by atoms with E-state index in [4.69, 9.17) is 14.0 Å². The van der Waals surface area contributed by atoms with Gasteiger partial charge in [0.05, 0.1) is 31.0 Å². The van der Waals surface area contributed by atoms with Crippen molar-refractivity contribution < 1.29 is 22.4 Å². The lowest BCUT2D eigenvalue weighted by atomic mass is 10.3. The minimum absolute atomic E-state index is 0.152. The molecule has 0 aliphatic carbocycles. The van der Waals surface area contributed by atoms with E-state index < -0.39 is 10.0 Å². The van der Waals surface area contributed by atoms with Crippen LogP contribution in [-0.4, -0.2) is 27.8 Å². The topological polar surface area (TPSA) is 90.7 Å². The molecule has 0 amide bonds. The van der Waals surface area contributed by atoms with Gasteiger partial charge in [0.25, 0.3) is 10.0 Å². The fourth-order valence-corrected chi connectivity index (χ4v) is 4.35. The van der Waals surface area contributed by atoms with Crippen LogP contribution in [0.1, 0.15) is 0 Å². The van der Waals surface area contributed by atoms with Gasteiger partial charge in [0.15, 0.2) is 5.76 Å². The van der Waals surface area contributed by atoms with E-state index in [1.54, 1.807) is 30.3 Å². The van der Waals surface area contributed by atoms with E-state index in [1.165, 1.54) is 26.5 Å². The van der Waals surface area contributed by atoms with Gasteiger partial charge in [0.2, 0.25) is 0 Å². The summed E-state index contributed by atoms with van der Waals surface area (Å²) in [7, 11) is -0.802. The smallest absolute Gasteiger partial charge is 0.271 e. The maximum absolute atomic E-state index is 12.6. The SMILES string of the molecule is COc1ccc(OC)c(NS(=O)(=O)c2ccc(-c3ccno3)s2)c1. The van der Waals surface area contributed by atoms with E-state index in [0.29, 0.717) is 27.8 Å². The zero-order valence-corrected chi connectivity index (χ0v) is 14.5. The number of thiophene rings is 1. The predicted molar refractivity (Wildman–Crippen MR) is 90.2 cm³/mol. The summed E-state index contributed by atoms with van der Waals surface area (Å²) in [6.07, 6.45) is 1.50. The maximum atomic E-state index is 12.6. The van der Waals surface area contributed by atoms with Gasteiger partial charge in [-0.15, -0.1) is 11.3 Å². The van der Waals surface area contributed by atoms with Crippen LogP contribution in [0, 0.1) is 0 Å². The summed E-state index contributed by atoms with van der Waals surface area (Å²) >= 11 is 1.08. The quantitative estimate of drug-likeness (QED) is 0.720. The predicted octanol–water partition coefficient (Wildman–Crippen LogP) is 3.22. The third kappa shape index (κ3) is 3.22. The molecule has 0 saturated carbocycles. The molecule has 2 aromatic heterocycles. The normalized spacial score (nSPS) is 11.2. The molecule has 7 nitrogen and oxygen atoms in total. The van der Waals surface area contributed by atoms with Crippen LogP contribution in [0.25, 0.3) is 10.6 Å². The lowest BCUT2D eigenvalue weighted by Gasteiger charge is -2.12. The van der Waals surface area contributed by atoms with Gasteiger partial charge in [-0.2, -0.15) is 0 Å². The molecule has 126 valence electrons. The number of benzene rings is 1. The molecule has 0 atom stereocenters. The number of aromatic nitrogens is 1. The molecule has 2 heterocycles. The molecule has 1 aromatic carbocycles. The average molecular weight is 366 g/mol. The van der Waals surface area contributed by atoms with Gasteiger partial charge < -0.3 is 14.0 Å². The summed E-state index contributed by atoms with van der Waals surface area (Å²) in [5, 5.41) is 3.62. The Labute approximate surface area is 142 Å². The summed E-state index contributed by atoms with van der Waals surface area (Å²) < 4.78 is 43.2. The van der Waals surface area contributed by atoms with Crippen molar-refractivity contribution in [3.05, 3.63) is 42.6 Å². The van der Waals surface area contributed by atoms with Gasteiger partial charge in [0, 0.05) is 12.1 Å². The highest BCUT2D eigenvalue weighted by atomic mass is 32.2. The number of hydrogen-bond donors (Lipinski definition) is 1. The van der Waals surface area contributed by atoms with E-state index in [1.807, 2.05) is 0 Å². The number of methoxy groups -OCH3 is 2. The van der Waals surface area contributed by atoms with Crippen molar-refractivity contribution in [1.82, 2.24) is 5.16 Å². The first-order valence-electron chi connectivity index (χ1n) is 6.79. The number of nitrogens with zero attached hydrogens (tertiary/aromatic N) is 1. The van der Waals surface area contributed by atoms with Crippen LogP contribution < -0.4 is 14.2 Å². The largest absolute Gasteiger partial charge is 0.497 e. The number of hydrogen-bond acceptors (Lipinski definition) is 7. The molecule has 0 aliphatic heterocycles. The van der Waals surface area contributed by atoms with Crippen LogP contribution in [0.3, 0.4) is 0 Å². The van der Waals surface area contributed by atoms with Crippen molar-refractivity contribution in [1.29, 1.82) is 0 Å². The van der Waals surface area contributed by atoms with Crippen molar-refractivity contribution in [2.75, 3.05) is 18.9 Å². The second kappa shape index (κ2) is 6.54. The van der Waals surface area contributed by atoms with Crippen molar-refractivity contribution in [3.8, 4) is 22.1 Å². The zero-order valence-electron chi connectivity index (χ0n) is 12.8. The maximum Gasteiger partial charge on any atom is 0.271 e. The number of anilines is 1. The minimum Gasteiger partial charge on any atom is -0.497 e. The Kier molecular flexibility index (Phi) is 4.45. The first-order valence-corrected chi connectivity index (χ1v) is 9.09. The molecule has 9 heteroatoms. The number of ether oxygens (including phenoxy) is 2. The van der Waals surface area contributed by atoms with Crippen molar-refractivity contribution in [2.45, 2.75) is 4.21 Å². The van der Waals surface area contributed by atoms with E-state index >= 15 is 0 Å². The number of rotatable bonds is 6. The fourth-order valence-electron chi connectivity index (χ4n) is 2.03. The third-order valence-electron chi connectivity index (χ3n) is 3.18. The Morgan fingerprint density at radius 1 is 1.12 bits per heavy atom. The van der Waals surface area contributed by atoms with Crippen LogP contribution in [0.2, 0.25) is 0 Å². The van der Waals surface area contributed by atoms with Crippen LogP contribution in [0.15, 0.2) is 51.3 Å². The average Bonchev–Trinajstić information content (AvgIpc) is 3.25. The molecule has 0 fully saturated rings. The van der Waals surface area contributed by atoms with E-state index in [9.17, 15) is 8.42 Å². The Morgan fingerprint density at radius 2 is 1.96 bits per heavy atom. The molecule has 0 bridgehead atoms. The minimum atomic E-state index is -3.77. The molecular formula is C15H14N2O5S2. The molecule has 0 radical (unpaired) electrons. The highest BCUT2D eigenvalue weighted by Crippen LogP contribution is 2.34. The Morgan fingerprint density at radius 3 is 2.62 bits per heavy atom. The lowest BCUT2D eigenvalue weighted by molar-refractivity contribution is 0.405. The Balaban J connectivity index is 1.92. The zero-order chi connectivity index (χ0) is 17.2. The summed E-state index contributed by atoms with van der Waals surface area (Å²) in [6, 6.07) is 9.72. The van der Waals surface area contributed by atoms with Crippen LogP contribution in [0.4, 0.5) is 5.69 Å². The second-order valence-electron chi connectivity index (χ2n) is 4.67. The summed E-state index contributed by atoms with van der Waals surface area (Å²) in [6.45, 7) is 0. The summed E-state index contributed by atoms with van der Waals surface area (Å²) in [5.74, 6) is 1.42. The Bertz CT molecular complexity index is 933. The van der Waals surface area contributed by atoms with Gasteiger partial charge in [-0.1, -0.05) is 5.16 Å².